The van der Waals surface area contributed by atoms with Gasteiger partial charge in [0.1, 0.15) is 5.75 Å². The number of hydrogen-bond donors (Lipinski definition) is 1. The highest BCUT2D eigenvalue weighted by Crippen LogP contribution is 2.24. The molecule has 0 heterocycles. The van der Waals surface area contributed by atoms with Crippen LogP contribution in [0.5, 0.6) is 5.75 Å². The van der Waals surface area contributed by atoms with Crippen molar-refractivity contribution in [3.63, 3.8) is 0 Å². The maximum absolute atomic E-state index is 12.5. The predicted octanol–water partition coefficient (Wildman–Crippen LogP) is 0.726. The molecule has 0 spiro atoms. The molecule has 0 radical (unpaired) electrons. The lowest BCUT2D eigenvalue weighted by Gasteiger charge is -2.20. The Morgan fingerprint density at radius 1 is 1.19 bits per heavy atom. The minimum Gasteiger partial charge on any atom is -0.494 e. The Balaban J connectivity index is 3.02. The van der Waals surface area contributed by atoms with Gasteiger partial charge in [-0.2, -0.15) is 4.31 Å². The molecular weight excluding hydrogens is 290 g/mol. The fourth-order valence-corrected chi connectivity index (χ4v) is 3.03. The summed E-state index contributed by atoms with van der Waals surface area (Å²) in [6, 6.07) is 4.82. The van der Waals surface area contributed by atoms with Crippen LogP contribution in [0.2, 0.25) is 0 Å². The number of nitrogens with zero attached hydrogens (tertiary/aromatic N) is 2. The lowest BCUT2D eigenvalue weighted by atomic mass is 10.2. The van der Waals surface area contributed by atoms with Crippen molar-refractivity contribution in [2.24, 2.45) is 5.73 Å². The van der Waals surface area contributed by atoms with E-state index in [-0.39, 0.29) is 11.4 Å². The van der Waals surface area contributed by atoms with Gasteiger partial charge < -0.3 is 15.4 Å². The number of benzene rings is 1. The smallest absolute Gasteiger partial charge is 0.242 e. The maximum Gasteiger partial charge on any atom is 0.242 e. The van der Waals surface area contributed by atoms with Crippen LogP contribution in [-0.4, -0.2) is 58.5 Å². The second-order valence-corrected chi connectivity index (χ2v) is 7.08. The Kier molecular flexibility index (Phi) is 6.60. The summed E-state index contributed by atoms with van der Waals surface area (Å²) in [4.78, 5) is 2.18. The Labute approximate surface area is 127 Å². The largest absolute Gasteiger partial charge is 0.494 e. The van der Waals surface area contributed by atoms with Gasteiger partial charge in [0.2, 0.25) is 10.0 Å². The molecule has 0 aromatic heterocycles. The van der Waals surface area contributed by atoms with Gasteiger partial charge >= 0.3 is 0 Å². The summed E-state index contributed by atoms with van der Waals surface area (Å²) in [6.45, 7) is 3.72. The average Bonchev–Trinajstić information content (AvgIpc) is 2.45. The predicted molar refractivity (Wildman–Crippen MR) is 83.9 cm³/mol. The van der Waals surface area contributed by atoms with E-state index < -0.39 is 10.0 Å². The van der Waals surface area contributed by atoms with Crippen molar-refractivity contribution >= 4 is 10.0 Å². The van der Waals surface area contributed by atoms with Crippen LogP contribution in [0, 0.1) is 0 Å². The number of ether oxygens (including phenoxy) is 1. The van der Waals surface area contributed by atoms with E-state index in [4.69, 9.17) is 10.5 Å². The fourth-order valence-electron chi connectivity index (χ4n) is 1.81. The molecule has 0 atom stereocenters. The normalized spacial score (nSPS) is 12.1. The van der Waals surface area contributed by atoms with Crippen LogP contribution in [0.1, 0.15) is 12.5 Å². The monoisotopic (exact) mass is 315 g/mol. The minimum absolute atomic E-state index is 0.236. The highest BCUT2D eigenvalue weighted by Gasteiger charge is 2.21. The van der Waals surface area contributed by atoms with Crippen LogP contribution in [0.4, 0.5) is 0 Å². The van der Waals surface area contributed by atoms with Crippen molar-refractivity contribution in [1.29, 1.82) is 0 Å². The summed E-state index contributed by atoms with van der Waals surface area (Å²) >= 11 is 0. The molecular formula is C14H25N3O3S. The molecule has 21 heavy (non-hydrogen) atoms. The van der Waals surface area contributed by atoms with Crippen molar-refractivity contribution in [3.8, 4) is 5.75 Å². The van der Waals surface area contributed by atoms with E-state index >= 15 is 0 Å². The molecule has 0 aliphatic rings. The van der Waals surface area contributed by atoms with Gasteiger partial charge in [-0.15, -0.1) is 0 Å². The van der Waals surface area contributed by atoms with E-state index in [2.05, 4.69) is 0 Å². The van der Waals surface area contributed by atoms with Crippen LogP contribution >= 0.6 is 0 Å². The number of sulfonamides is 1. The second-order valence-electron chi connectivity index (χ2n) is 5.04. The van der Waals surface area contributed by atoms with Crippen LogP contribution in [-0.2, 0) is 16.6 Å². The van der Waals surface area contributed by atoms with Gasteiger partial charge in [0.05, 0.1) is 11.5 Å². The zero-order valence-electron chi connectivity index (χ0n) is 13.2. The highest BCUT2D eigenvalue weighted by molar-refractivity contribution is 7.89. The summed E-state index contributed by atoms with van der Waals surface area (Å²) < 4.78 is 31.8. The summed E-state index contributed by atoms with van der Waals surface area (Å²) in [7, 11) is 1.89. The van der Waals surface area contributed by atoms with Gasteiger partial charge in [-0.25, -0.2) is 8.42 Å². The standard InChI is InChI=1S/C14H25N3O3S/c1-5-20-14-7-6-13(10-12(14)11-15)21(18,19)17(4)9-8-16(2)3/h6-7,10H,5,8-9,11,15H2,1-4H3. The Morgan fingerprint density at radius 2 is 1.86 bits per heavy atom. The molecule has 1 aromatic carbocycles. The first-order valence-corrected chi connectivity index (χ1v) is 8.33. The molecule has 7 heteroatoms. The van der Waals surface area contributed by atoms with Gasteiger partial charge in [0, 0.05) is 32.2 Å². The molecule has 120 valence electrons. The number of nitrogens with two attached hydrogens (primary N) is 1. The topological polar surface area (TPSA) is 75.9 Å². The molecule has 0 unspecified atom stereocenters. The second kappa shape index (κ2) is 7.74. The molecule has 1 aromatic rings. The van der Waals surface area contributed by atoms with Crippen LogP contribution in [0.15, 0.2) is 23.1 Å². The first-order valence-electron chi connectivity index (χ1n) is 6.89. The lowest BCUT2D eigenvalue weighted by molar-refractivity contribution is 0.336. The molecule has 0 bridgehead atoms. The molecule has 0 amide bonds. The van der Waals surface area contributed by atoms with E-state index in [9.17, 15) is 8.42 Å². The zero-order valence-corrected chi connectivity index (χ0v) is 14.0. The minimum atomic E-state index is -3.50. The van der Waals surface area contributed by atoms with Crippen molar-refractivity contribution in [2.45, 2.75) is 18.4 Å². The Bertz CT molecular complexity index is 559. The van der Waals surface area contributed by atoms with Crippen molar-refractivity contribution in [3.05, 3.63) is 23.8 Å². The quantitative estimate of drug-likeness (QED) is 0.765. The van der Waals surface area contributed by atoms with Crippen LogP contribution in [0.25, 0.3) is 0 Å². The lowest BCUT2D eigenvalue weighted by Crippen LogP contribution is -2.33. The van der Waals surface area contributed by atoms with E-state index in [1.165, 1.54) is 4.31 Å². The molecule has 0 aliphatic carbocycles. The van der Waals surface area contributed by atoms with E-state index in [1.807, 2.05) is 25.9 Å². The third-order valence-electron chi connectivity index (χ3n) is 3.12. The van der Waals surface area contributed by atoms with Crippen LogP contribution < -0.4 is 10.5 Å². The summed E-state index contributed by atoms with van der Waals surface area (Å²) in [5.41, 5.74) is 6.37. The van der Waals surface area contributed by atoms with E-state index in [0.717, 1.165) is 0 Å². The van der Waals surface area contributed by atoms with E-state index in [1.54, 1.807) is 25.2 Å². The summed E-state index contributed by atoms with van der Waals surface area (Å²) in [6.07, 6.45) is 0. The number of likely N-dealkylation sites (N-methyl/N-ethyl adjacent to an activating group) is 2. The summed E-state index contributed by atoms with van der Waals surface area (Å²) in [5.74, 6) is 0.634. The Hall–Kier alpha value is -1.15. The first kappa shape index (κ1) is 17.9. The van der Waals surface area contributed by atoms with Gasteiger partial charge in [-0.1, -0.05) is 0 Å². The number of hydrogen-bond acceptors (Lipinski definition) is 5. The van der Waals surface area contributed by atoms with Crippen LogP contribution in [0.3, 0.4) is 0 Å². The van der Waals surface area contributed by atoms with Crippen molar-refractivity contribution < 1.29 is 13.2 Å². The highest BCUT2D eigenvalue weighted by atomic mass is 32.2. The first-order chi connectivity index (χ1) is 9.82. The molecule has 6 nitrogen and oxygen atoms in total. The van der Waals surface area contributed by atoms with Gasteiger partial charge in [-0.3, -0.25) is 0 Å². The third-order valence-corrected chi connectivity index (χ3v) is 4.97. The third kappa shape index (κ3) is 4.67. The van der Waals surface area contributed by atoms with Gasteiger partial charge in [0.15, 0.2) is 0 Å². The molecule has 0 aliphatic heterocycles. The van der Waals surface area contributed by atoms with Crippen molar-refractivity contribution in [1.82, 2.24) is 9.21 Å². The van der Waals surface area contributed by atoms with Crippen molar-refractivity contribution in [2.75, 3.05) is 40.8 Å². The van der Waals surface area contributed by atoms with Gasteiger partial charge in [0.25, 0.3) is 0 Å². The molecule has 0 fully saturated rings. The molecule has 2 N–H and O–H groups in total. The molecule has 0 saturated carbocycles. The average molecular weight is 315 g/mol. The summed E-state index contributed by atoms with van der Waals surface area (Å²) in [5, 5.41) is 0. The maximum atomic E-state index is 12.5. The van der Waals surface area contributed by atoms with E-state index in [0.29, 0.717) is 31.0 Å². The Morgan fingerprint density at radius 3 is 2.38 bits per heavy atom. The fraction of sp³-hybridized carbons (Fsp3) is 0.571. The number of rotatable bonds is 8. The molecule has 1 rings (SSSR count). The van der Waals surface area contributed by atoms with Gasteiger partial charge in [-0.05, 0) is 39.2 Å². The molecule has 0 saturated heterocycles. The SMILES string of the molecule is CCOc1ccc(S(=O)(=O)N(C)CCN(C)C)cc1CN. The zero-order chi connectivity index (χ0) is 16.0.